The van der Waals surface area contributed by atoms with Gasteiger partial charge in [-0.25, -0.2) is 4.21 Å². The Labute approximate surface area is 310 Å². The summed E-state index contributed by atoms with van der Waals surface area (Å²) in [6.45, 7) is 7.76. The molecule has 1 saturated heterocycles. The molecule has 0 radical (unpaired) electrons. The topological polar surface area (TPSA) is 80.3 Å². The van der Waals surface area contributed by atoms with Gasteiger partial charge in [-0.05, 0) is 137 Å². The van der Waals surface area contributed by atoms with Crippen molar-refractivity contribution in [1.29, 1.82) is 0 Å². The van der Waals surface area contributed by atoms with E-state index in [1.54, 1.807) is 6.07 Å². The predicted molar refractivity (Wildman–Crippen MR) is 205 cm³/mol. The van der Waals surface area contributed by atoms with Crippen LogP contribution in [-0.2, 0) is 31.0 Å². The average molecular weight is 738 g/mol. The van der Waals surface area contributed by atoms with Crippen molar-refractivity contribution in [3.8, 4) is 5.75 Å². The lowest BCUT2D eigenvalue weighted by Crippen LogP contribution is -2.52. The number of hydrogen-bond acceptors (Lipinski definition) is 7. The second kappa shape index (κ2) is 14.2. The lowest BCUT2D eigenvalue weighted by Gasteiger charge is -2.49. The number of likely N-dealkylation sites (N-methyl/N-ethyl adjacent to an activating group) is 1. The standard InChI is InChI=1S/C41H56ClN3O5S/c1-26-7-5-9-35(40-48-22-33(23-49-40)44(3)32-13-14-32)34-15-10-30(34)21-45-24-41(18-6-8-28-19-31(42)12-16-36(28)41)25-50-38-17-11-29(20-37(38)45)39(46)43-51(4,47)27(26)2/h11-12,16-17,19-20,26-27,30,32-35,40H,4-10,13-15,18,21-25H2,1-3H3,(H,43,46,47)/t26-,27+,30-,33?,34+,35-,40?,41-,51?/m0/s1. The van der Waals surface area contributed by atoms with Crippen LogP contribution in [0.3, 0.4) is 0 Å². The fourth-order valence-corrected chi connectivity index (χ4v) is 11.5. The Morgan fingerprint density at radius 2 is 1.78 bits per heavy atom. The minimum atomic E-state index is -2.90. The summed E-state index contributed by atoms with van der Waals surface area (Å²) >= 11 is 6.51. The van der Waals surface area contributed by atoms with E-state index < -0.39 is 9.71 Å². The molecule has 2 bridgehead atoms. The molecule has 10 heteroatoms. The summed E-state index contributed by atoms with van der Waals surface area (Å²) in [5.74, 6) is 5.88. The maximum atomic E-state index is 14.0. The van der Waals surface area contributed by atoms with E-state index in [4.69, 9.17) is 25.8 Å². The number of hydrogen-bond donors (Lipinski definition) is 1. The van der Waals surface area contributed by atoms with Crippen molar-refractivity contribution in [1.82, 2.24) is 9.62 Å². The SMILES string of the molecule is C=S1(=O)NC(=O)c2ccc3c(c2)N(C[C@@H]2CC[C@H]2[C@@H](C2OCC(N(C)C4CC4)CO2)CCC[C@H](C)[C@H]1C)C[C@@]1(CCCc2cc(Cl)ccc21)CO3. The van der Waals surface area contributed by atoms with Gasteiger partial charge in [0.25, 0.3) is 5.91 Å². The Morgan fingerprint density at radius 3 is 2.53 bits per heavy atom. The quantitative estimate of drug-likeness (QED) is 0.345. The maximum absolute atomic E-state index is 14.0. The molecule has 2 aromatic rings. The molecule has 3 aliphatic carbocycles. The molecule has 8 rings (SSSR count). The van der Waals surface area contributed by atoms with Gasteiger partial charge in [-0.3, -0.25) is 14.4 Å². The highest BCUT2D eigenvalue weighted by molar-refractivity contribution is 7.99. The molecule has 1 N–H and O–H groups in total. The van der Waals surface area contributed by atoms with E-state index in [1.165, 1.54) is 24.0 Å². The van der Waals surface area contributed by atoms with Crippen LogP contribution >= 0.6 is 11.6 Å². The Hall–Kier alpha value is -2.30. The first-order valence-electron chi connectivity index (χ1n) is 19.5. The third-order valence-electron chi connectivity index (χ3n) is 13.6. The summed E-state index contributed by atoms with van der Waals surface area (Å²) in [6, 6.07) is 13.0. The normalized spacial score (nSPS) is 37.4. The van der Waals surface area contributed by atoms with Crippen molar-refractivity contribution in [3.63, 3.8) is 0 Å². The third kappa shape index (κ3) is 7.07. The van der Waals surface area contributed by atoms with Gasteiger partial charge < -0.3 is 19.1 Å². The Morgan fingerprint density at radius 1 is 0.980 bits per heavy atom. The molecule has 3 aliphatic heterocycles. The summed E-state index contributed by atoms with van der Waals surface area (Å²) in [5, 5.41) is 0.501. The smallest absolute Gasteiger partial charge is 0.262 e. The number of carbonyl (C=O) groups excluding carboxylic acids is 1. The highest BCUT2D eigenvalue weighted by atomic mass is 35.5. The van der Waals surface area contributed by atoms with Gasteiger partial charge in [0.05, 0.1) is 41.3 Å². The van der Waals surface area contributed by atoms with Crippen LogP contribution in [0.4, 0.5) is 5.69 Å². The number of amides is 1. The maximum Gasteiger partial charge on any atom is 0.262 e. The number of carbonyl (C=O) groups is 1. The van der Waals surface area contributed by atoms with Gasteiger partial charge in [0.2, 0.25) is 0 Å². The number of anilines is 1. The molecule has 278 valence electrons. The van der Waals surface area contributed by atoms with Crippen LogP contribution in [-0.4, -0.2) is 84.5 Å². The Balaban J connectivity index is 1.14. The molecule has 3 heterocycles. The Bertz CT molecular complexity index is 1730. The summed E-state index contributed by atoms with van der Waals surface area (Å²) in [6.07, 6.45) is 10.7. The lowest BCUT2D eigenvalue weighted by atomic mass is 9.64. The molecule has 3 fully saturated rings. The van der Waals surface area contributed by atoms with E-state index in [1.807, 2.05) is 25.1 Å². The highest BCUT2D eigenvalue weighted by Gasteiger charge is 2.47. The number of ether oxygens (including phenoxy) is 3. The van der Waals surface area contributed by atoms with Gasteiger partial charge in [0.1, 0.15) is 5.75 Å². The largest absolute Gasteiger partial charge is 0.490 e. The fourth-order valence-electron chi connectivity index (χ4n) is 9.84. The minimum absolute atomic E-state index is 0.131. The molecule has 0 aromatic heterocycles. The molecule has 51 heavy (non-hydrogen) atoms. The number of rotatable bonds is 3. The Kier molecular flexibility index (Phi) is 9.92. The molecule has 1 spiro atoms. The van der Waals surface area contributed by atoms with Gasteiger partial charge in [-0.2, -0.15) is 0 Å². The molecule has 6 aliphatic rings. The zero-order valence-electron chi connectivity index (χ0n) is 30.6. The van der Waals surface area contributed by atoms with Crippen LogP contribution in [0.2, 0.25) is 5.02 Å². The van der Waals surface area contributed by atoms with Crippen molar-refractivity contribution in [2.24, 2.45) is 23.7 Å². The van der Waals surface area contributed by atoms with Crippen molar-refractivity contribution in [3.05, 3.63) is 58.1 Å². The van der Waals surface area contributed by atoms with Crippen LogP contribution in [0.1, 0.15) is 93.1 Å². The van der Waals surface area contributed by atoms with Crippen LogP contribution < -0.4 is 14.4 Å². The monoisotopic (exact) mass is 737 g/mol. The van der Waals surface area contributed by atoms with E-state index in [0.29, 0.717) is 49.3 Å². The minimum Gasteiger partial charge on any atom is -0.490 e. The first-order valence-corrected chi connectivity index (χ1v) is 21.6. The molecule has 8 nitrogen and oxygen atoms in total. The van der Waals surface area contributed by atoms with Crippen LogP contribution in [0.15, 0.2) is 36.4 Å². The summed E-state index contributed by atoms with van der Waals surface area (Å²) < 4.78 is 36.9. The zero-order valence-corrected chi connectivity index (χ0v) is 32.2. The summed E-state index contributed by atoms with van der Waals surface area (Å²) in [4.78, 5) is 18.7. The first-order chi connectivity index (χ1) is 24.5. The van der Waals surface area contributed by atoms with Crippen LogP contribution in [0.5, 0.6) is 5.75 Å². The third-order valence-corrected chi connectivity index (χ3v) is 16.0. The number of halogens is 1. The second-order valence-electron chi connectivity index (χ2n) is 16.8. The summed E-state index contributed by atoms with van der Waals surface area (Å²) in [7, 11) is -0.687. The van der Waals surface area contributed by atoms with Gasteiger partial charge in [0.15, 0.2) is 6.29 Å². The molecule has 7 atom stereocenters. The van der Waals surface area contributed by atoms with Gasteiger partial charge in [-0.1, -0.05) is 31.0 Å². The number of aryl methyl sites for hydroxylation is 1. The first kappa shape index (κ1) is 35.7. The van der Waals surface area contributed by atoms with Crippen molar-refractivity contribution >= 4 is 38.8 Å². The molecular weight excluding hydrogens is 682 g/mol. The number of nitrogens with zero attached hydrogens (tertiary/aromatic N) is 2. The van der Waals surface area contributed by atoms with Crippen molar-refractivity contribution < 1.29 is 23.2 Å². The highest BCUT2D eigenvalue weighted by Crippen LogP contribution is 2.49. The van der Waals surface area contributed by atoms with Gasteiger partial charge in [-0.15, -0.1) is 0 Å². The van der Waals surface area contributed by atoms with E-state index >= 15 is 0 Å². The fraction of sp³-hybridized carbons (Fsp3) is 0.659. The molecular formula is C41H56ClN3O5S. The van der Waals surface area contributed by atoms with Crippen molar-refractivity contribution in [2.45, 2.75) is 107 Å². The van der Waals surface area contributed by atoms with Gasteiger partial charge in [0, 0.05) is 46.3 Å². The summed E-state index contributed by atoms with van der Waals surface area (Å²) in [5.41, 5.74) is 3.85. The zero-order chi connectivity index (χ0) is 35.5. The number of fused-ring (bicyclic) bond motifs is 4. The van der Waals surface area contributed by atoms with Crippen LogP contribution in [0.25, 0.3) is 0 Å². The molecule has 1 amide bonds. The van der Waals surface area contributed by atoms with E-state index in [9.17, 15) is 9.00 Å². The van der Waals surface area contributed by atoms with Crippen LogP contribution in [0, 0.1) is 23.7 Å². The lowest BCUT2D eigenvalue weighted by molar-refractivity contribution is -0.242. The molecule has 1 unspecified atom stereocenters. The van der Waals surface area contributed by atoms with E-state index in [0.717, 1.165) is 80.9 Å². The number of nitrogens with one attached hydrogen (secondary N) is 1. The number of benzene rings is 2. The predicted octanol–water partition coefficient (Wildman–Crippen LogP) is 6.86. The van der Waals surface area contributed by atoms with Crippen molar-refractivity contribution in [2.75, 3.05) is 44.9 Å². The molecule has 2 saturated carbocycles. The van der Waals surface area contributed by atoms with E-state index in [-0.39, 0.29) is 34.7 Å². The average Bonchev–Trinajstić information content (AvgIpc) is 3.97. The van der Waals surface area contributed by atoms with Gasteiger partial charge >= 0.3 is 0 Å². The molecule has 2 aromatic carbocycles. The van der Waals surface area contributed by atoms with E-state index in [2.05, 4.69) is 46.5 Å². The second-order valence-corrected chi connectivity index (χ2v) is 19.6.